The van der Waals surface area contributed by atoms with E-state index in [4.69, 9.17) is 0 Å². The second kappa shape index (κ2) is 2.97. The first-order valence-electron chi connectivity index (χ1n) is 5.73. The molecule has 1 unspecified atom stereocenters. The van der Waals surface area contributed by atoms with Gasteiger partial charge in [0.25, 0.3) is 0 Å². The minimum atomic E-state index is -0.807. The first kappa shape index (κ1) is 9.19. The van der Waals surface area contributed by atoms with E-state index < -0.39 is 12.0 Å². The van der Waals surface area contributed by atoms with Crippen LogP contribution in [0, 0.1) is 11.8 Å². The number of rotatable bonds is 2. The van der Waals surface area contributed by atoms with Gasteiger partial charge in [0.15, 0.2) is 0 Å². The SMILES string of the molecule is O=C(O)C1C2CC(C2)C(=O)N1C1CCC1. The smallest absolute Gasteiger partial charge is 0.326 e. The summed E-state index contributed by atoms with van der Waals surface area (Å²) in [7, 11) is 0. The molecule has 2 saturated heterocycles. The average molecular weight is 209 g/mol. The summed E-state index contributed by atoms with van der Waals surface area (Å²) in [4.78, 5) is 24.9. The maximum atomic E-state index is 12.0. The van der Waals surface area contributed by atoms with E-state index >= 15 is 0 Å². The minimum absolute atomic E-state index is 0.106. The summed E-state index contributed by atoms with van der Waals surface area (Å²) in [5.41, 5.74) is 0. The Morgan fingerprint density at radius 2 is 2.00 bits per heavy atom. The van der Waals surface area contributed by atoms with Crippen LogP contribution in [-0.4, -0.2) is 34.0 Å². The molecular formula is C11H15NO3. The molecule has 15 heavy (non-hydrogen) atoms. The Morgan fingerprint density at radius 1 is 1.33 bits per heavy atom. The van der Waals surface area contributed by atoms with Crippen molar-refractivity contribution in [2.75, 3.05) is 0 Å². The van der Waals surface area contributed by atoms with Gasteiger partial charge in [0.2, 0.25) is 5.91 Å². The Morgan fingerprint density at radius 3 is 2.47 bits per heavy atom. The van der Waals surface area contributed by atoms with Crippen molar-refractivity contribution in [1.29, 1.82) is 0 Å². The predicted molar refractivity (Wildman–Crippen MR) is 52.1 cm³/mol. The molecule has 2 saturated carbocycles. The molecule has 2 aliphatic heterocycles. The van der Waals surface area contributed by atoms with E-state index in [9.17, 15) is 14.7 Å². The Bertz CT molecular complexity index is 318. The number of carboxylic acid groups (broad SMARTS) is 1. The summed E-state index contributed by atoms with van der Waals surface area (Å²) in [6, 6.07) is -0.294. The zero-order valence-electron chi connectivity index (χ0n) is 8.56. The van der Waals surface area contributed by atoms with Crippen molar-refractivity contribution in [3.8, 4) is 0 Å². The van der Waals surface area contributed by atoms with E-state index in [1.165, 1.54) is 0 Å². The van der Waals surface area contributed by atoms with E-state index in [1.54, 1.807) is 4.90 Å². The lowest BCUT2D eigenvalue weighted by Crippen LogP contribution is -2.65. The molecule has 0 radical (unpaired) electrons. The van der Waals surface area contributed by atoms with Gasteiger partial charge in [0.05, 0.1) is 0 Å². The summed E-state index contributed by atoms with van der Waals surface area (Å²) in [6.07, 6.45) is 4.73. The fraction of sp³-hybridized carbons (Fsp3) is 0.818. The van der Waals surface area contributed by atoms with Gasteiger partial charge in [-0.3, -0.25) is 4.79 Å². The molecule has 82 valence electrons. The third-order valence-corrected chi connectivity index (χ3v) is 4.25. The molecule has 0 aromatic heterocycles. The van der Waals surface area contributed by atoms with E-state index in [1.807, 2.05) is 0 Å². The Balaban J connectivity index is 1.87. The van der Waals surface area contributed by atoms with Crippen LogP contribution < -0.4 is 0 Å². The van der Waals surface area contributed by atoms with Gasteiger partial charge in [0, 0.05) is 12.0 Å². The standard InChI is InChI=1S/C11H15NO3/c13-10-7-4-6(5-7)9(11(14)15)12(10)8-2-1-3-8/h6-9H,1-5H2,(H,14,15). The maximum Gasteiger partial charge on any atom is 0.326 e. The van der Waals surface area contributed by atoms with Crippen LogP contribution in [0.1, 0.15) is 32.1 Å². The molecule has 0 aromatic rings. The monoisotopic (exact) mass is 209 g/mol. The molecule has 4 rings (SSSR count). The third-order valence-electron chi connectivity index (χ3n) is 4.25. The quantitative estimate of drug-likeness (QED) is 0.733. The molecule has 2 heterocycles. The van der Waals surface area contributed by atoms with Crippen molar-refractivity contribution >= 4 is 11.9 Å². The van der Waals surface area contributed by atoms with Gasteiger partial charge in [0.1, 0.15) is 6.04 Å². The Hall–Kier alpha value is -1.06. The molecule has 4 fully saturated rings. The number of hydrogen-bond donors (Lipinski definition) is 1. The fourth-order valence-electron chi connectivity index (χ4n) is 3.09. The lowest BCUT2D eigenvalue weighted by Gasteiger charge is -2.54. The zero-order chi connectivity index (χ0) is 10.6. The maximum absolute atomic E-state index is 12.0. The zero-order valence-corrected chi connectivity index (χ0v) is 8.56. The third kappa shape index (κ3) is 1.13. The van der Waals surface area contributed by atoms with E-state index in [2.05, 4.69) is 0 Å². The number of carboxylic acids is 1. The van der Waals surface area contributed by atoms with Crippen LogP contribution in [0.25, 0.3) is 0 Å². The number of hydrogen-bond acceptors (Lipinski definition) is 2. The molecule has 1 N–H and O–H groups in total. The summed E-state index contributed by atoms with van der Waals surface area (Å²) < 4.78 is 0. The lowest BCUT2D eigenvalue weighted by molar-refractivity contribution is -0.176. The van der Waals surface area contributed by atoms with Gasteiger partial charge < -0.3 is 10.0 Å². The first-order chi connectivity index (χ1) is 7.18. The molecule has 4 heteroatoms. The number of carbonyl (C=O) groups is 2. The molecular weight excluding hydrogens is 194 g/mol. The molecule has 1 atom stereocenters. The van der Waals surface area contributed by atoms with Crippen molar-refractivity contribution in [2.24, 2.45) is 11.8 Å². The highest BCUT2D eigenvalue weighted by atomic mass is 16.4. The summed E-state index contributed by atoms with van der Waals surface area (Å²) in [6.45, 7) is 0. The van der Waals surface area contributed by atoms with Crippen molar-refractivity contribution in [1.82, 2.24) is 4.90 Å². The fourth-order valence-corrected chi connectivity index (χ4v) is 3.09. The van der Waals surface area contributed by atoms with E-state index in [-0.39, 0.29) is 23.8 Å². The van der Waals surface area contributed by atoms with Gasteiger partial charge in [-0.25, -0.2) is 4.79 Å². The van der Waals surface area contributed by atoms with Gasteiger partial charge in [-0.15, -0.1) is 0 Å². The van der Waals surface area contributed by atoms with Gasteiger partial charge in [-0.2, -0.15) is 0 Å². The van der Waals surface area contributed by atoms with Gasteiger partial charge in [-0.1, -0.05) is 0 Å². The number of piperidine rings is 2. The number of amides is 1. The molecule has 2 aliphatic carbocycles. The molecule has 2 bridgehead atoms. The topological polar surface area (TPSA) is 57.6 Å². The summed E-state index contributed by atoms with van der Waals surface area (Å²) >= 11 is 0. The average Bonchev–Trinajstić information content (AvgIpc) is 2.01. The summed E-state index contributed by atoms with van der Waals surface area (Å²) in [5.74, 6) is -0.329. The molecule has 4 aliphatic rings. The van der Waals surface area contributed by atoms with Crippen molar-refractivity contribution in [3.63, 3.8) is 0 Å². The number of fused-ring (bicyclic) bond motifs is 2. The van der Waals surface area contributed by atoms with Crippen LogP contribution in [-0.2, 0) is 9.59 Å². The predicted octanol–water partition coefficient (Wildman–Crippen LogP) is 0.860. The number of aliphatic carboxylic acids is 1. The van der Waals surface area contributed by atoms with Crippen LogP contribution in [0.4, 0.5) is 0 Å². The van der Waals surface area contributed by atoms with Crippen LogP contribution in [0.5, 0.6) is 0 Å². The Labute approximate surface area is 88.2 Å². The minimum Gasteiger partial charge on any atom is -0.480 e. The number of carbonyl (C=O) groups excluding carboxylic acids is 1. The lowest BCUT2D eigenvalue weighted by atomic mass is 9.65. The highest BCUT2D eigenvalue weighted by Gasteiger charge is 2.55. The number of nitrogens with zero attached hydrogens (tertiary/aromatic N) is 1. The summed E-state index contributed by atoms with van der Waals surface area (Å²) in [5, 5.41) is 9.20. The van der Waals surface area contributed by atoms with Gasteiger partial charge >= 0.3 is 5.97 Å². The molecule has 1 amide bonds. The van der Waals surface area contributed by atoms with Crippen molar-refractivity contribution < 1.29 is 14.7 Å². The van der Waals surface area contributed by atoms with Crippen LogP contribution in [0.3, 0.4) is 0 Å². The highest BCUT2D eigenvalue weighted by molar-refractivity contribution is 5.89. The molecule has 0 spiro atoms. The highest BCUT2D eigenvalue weighted by Crippen LogP contribution is 2.47. The van der Waals surface area contributed by atoms with E-state index in [0.717, 1.165) is 32.1 Å². The normalized spacial score (nSPS) is 39.6. The van der Waals surface area contributed by atoms with Crippen molar-refractivity contribution in [2.45, 2.75) is 44.2 Å². The van der Waals surface area contributed by atoms with Crippen LogP contribution in [0.2, 0.25) is 0 Å². The van der Waals surface area contributed by atoms with Gasteiger partial charge in [-0.05, 0) is 38.0 Å². The first-order valence-corrected chi connectivity index (χ1v) is 5.73. The van der Waals surface area contributed by atoms with Crippen LogP contribution >= 0.6 is 0 Å². The largest absolute Gasteiger partial charge is 0.480 e. The van der Waals surface area contributed by atoms with Crippen LogP contribution in [0.15, 0.2) is 0 Å². The molecule has 4 nitrogen and oxygen atoms in total. The second-order valence-electron chi connectivity index (χ2n) is 5.04. The molecule has 0 aromatic carbocycles. The van der Waals surface area contributed by atoms with Crippen molar-refractivity contribution in [3.05, 3.63) is 0 Å². The van der Waals surface area contributed by atoms with E-state index in [0.29, 0.717) is 0 Å². The second-order valence-corrected chi connectivity index (χ2v) is 5.04. The Kier molecular flexibility index (Phi) is 1.82.